The third-order valence-electron chi connectivity index (χ3n) is 4.14. The van der Waals surface area contributed by atoms with Crippen molar-refractivity contribution in [1.29, 1.82) is 0 Å². The molecule has 1 fully saturated rings. The lowest BCUT2D eigenvalue weighted by molar-refractivity contribution is 0.294. The summed E-state index contributed by atoms with van der Waals surface area (Å²) in [7, 11) is -1.80. The highest BCUT2D eigenvalue weighted by atomic mass is 32.2. The number of nitrogens with zero attached hydrogens (tertiary/aromatic N) is 2. The first-order valence-corrected chi connectivity index (χ1v) is 8.64. The summed E-state index contributed by atoms with van der Waals surface area (Å²) in [5, 5.41) is 0.0757. The first kappa shape index (κ1) is 15.5. The van der Waals surface area contributed by atoms with Gasteiger partial charge in [0.05, 0.1) is 0 Å². The standard InChI is InChI=1S/C13H24N4O2S/c1-10-15-13(9-17(10)2)20(18,19)16-12(8-14)11-6-4-3-5-7-11/h9,11-12,16H,3-8,14H2,1-2H3. The van der Waals surface area contributed by atoms with E-state index in [1.165, 1.54) is 12.6 Å². The quantitative estimate of drug-likeness (QED) is 0.846. The number of hydrogen-bond acceptors (Lipinski definition) is 4. The summed E-state index contributed by atoms with van der Waals surface area (Å²) in [5.74, 6) is 1.01. The van der Waals surface area contributed by atoms with Crippen molar-refractivity contribution >= 4 is 10.0 Å². The van der Waals surface area contributed by atoms with Crippen LogP contribution >= 0.6 is 0 Å². The van der Waals surface area contributed by atoms with Gasteiger partial charge in [-0.05, 0) is 25.7 Å². The molecule has 1 aromatic heterocycles. The number of nitrogens with one attached hydrogen (secondary N) is 1. The second kappa shape index (κ2) is 6.24. The number of aromatic nitrogens is 2. The van der Waals surface area contributed by atoms with Gasteiger partial charge in [0, 0.05) is 25.8 Å². The molecule has 0 saturated heterocycles. The summed E-state index contributed by atoms with van der Waals surface area (Å²) in [6.45, 7) is 2.11. The molecule has 0 radical (unpaired) electrons. The van der Waals surface area contributed by atoms with Gasteiger partial charge < -0.3 is 10.3 Å². The molecule has 0 aromatic carbocycles. The third-order valence-corrected chi connectivity index (χ3v) is 5.50. The molecule has 0 aliphatic heterocycles. The second-order valence-corrected chi connectivity index (χ2v) is 7.26. The fraction of sp³-hybridized carbons (Fsp3) is 0.769. The van der Waals surface area contributed by atoms with Gasteiger partial charge in [-0.25, -0.2) is 18.1 Å². The number of aryl methyl sites for hydroxylation is 2. The van der Waals surface area contributed by atoms with Gasteiger partial charge in [0.15, 0.2) is 5.03 Å². The van der Waals surface area contributed by atoms with Crippen molar-refractivity contribution in [2.75, 3.05) is 6.54 Å². The van der Waals surface area contributed by atoms with E-state index in [-0.39, 0.29) is 11.1 Å². The first-order chi connectivity index (χ1) is 9.44. The Kier molecular flexibility index (Phi) is 4.82. The average Bonchev–Trinajstić information content (AvgIpc) is 2.78. The summed E-state index contributed by atoms with van der Waals surface area (Å²) in [4.78, 5) is 4.09. The summed E-state index contributed by atoms with van der Waals surface area (Å²) >= 11 is 0. The maximum absolute atomic E-state index is 12.4. The van der Waals surface area contributed by atoms with Crippen molar-refractivity contribution in [1.82, 2.24) is 14.3 Å². The lowest BCUT2D eigenvalue weighted by Gasteiger charge is -2.29. The van der Waals surface area contributed by atoms with E-state index < -0.39 is 10.0 Å². The molecule has 1 unspecified atom stereocenters. The Balaban J connectivity index is 2.12. The molecule has 1 heterocycles. The Morgan fingerprint density at radius 1 is 1.45 bits per heavy atom. The predicted octanol–water partition coefficient (Wildman–Crippen LogP) is 0.914. The zero-order chi connectivity index (χ0) is 14.8. The zero-order valence-electron chi connectivity index (χ0n) is 12.2. The van der Waals surface area contributed by atoms with Gasteiger partial charge in [0.1, 0.15) is 5.82 Å². The zero-order valence-corrected chi connectivity index (χ0v) is 13.0. The fourth-order valence-corrected chi connectivity index (χ4v) is 4.15. The number of nitrogens with two attached hydrogens (primary N) is 1. The topological polar surface area (TPSA) is 90.0 Å². The minimum absolute atomic E-state index is 0.0757. The molecule has 1 aromatic rings. The Labute approximate surface area is 120 Å². The largest absolute Gasteiger partial charge is 0.337 e. The lowest BCUT2D eigenvalue weighted by atomic mass is 9.84. The van der Waals surface area contributed by atoms with Gasteiger partial charge in [-0.15, -0.1) is 0 Å². The number of imidazole rings is 1. The highest BCUT2D eigenvalue weighted by molar-refractivity contribution is 7.89. The van der Waals surface area contributed by atoms with Crippen LogP contribution in [0.25, 0.3) is 0 Å². The monoisotopic (exact) mass is 300 g/mol. The molecular weight excluding hydrogens is 276 g/mol. The Hall–Kier alpha value is -0.920. The van der Waals surface area contributed by atoms with Crippen LogP contribution in [0.5, 0.6) is 0 Å². The van der Waals surface area contributed by atoms with Crippen molar-refractivity contribution in [2.24, 2.45) is 18.7 Å². The third kappa shape index (κ3) is 3.39. The summed E-state index contributed by atoms with van der Waals surface area (Å²) < 4.78 is 29.2. The van der Waals surface area contributed by atoms with Crippen LogP contribution in [0.15, 0.2) is 11.2 Å². The number of hydrogen-bond donors (Lipinski definition) is 2. The van der Waals surface area contributed by atoms with E-state index >= 15 is 0 Å². The fourth-order valence-electron chi connectivity index (χ4n) is 2.79. The normalized spacial score (nSPS) is 19.1. The Morgan fingerprint density at radius 3 is 2.60 bits per heavy atom. The minimum atomic E-state index is -3.58. The number of rotatable bonds is 5. The highest BCUT2D eigenvalue weighted by Crippen LogP contribution is 2.26. The summed E-state index contributed by atoms with van der Waals surface area (Å²) in [5.41, 5.74) is 5.77. The van der Waals surface area contributed by atoms with Crippen LogP contribution in [0.3, 0.4) is 0 Å². The highest BCUT2D eigenvalue weighted by Gasteiger charge is 2.28. The van der Waals surface area contributed by atoms with E-state index in [1.807, 2.05) is 0 Å². The van der Waals surface area contributed by atoms with Crippen molar-refractivity contribution < 1.29 is 8.42 Å². The van der Waals surface area contributed by atoms with E-state index in [4.69, 9.17) is 5.73 Å². The molecular formula is C13H24N4O2S. The van der Waals surface area contributed by atoms with E-state index in [0.29, 0.717) is 18.3 Å². The molecule has 20 heavy (non-hydrogen) atoms. The molecule has 3 N–H and O–H groups in total. The molecule has 1 saturated carbocycles. The van der Waals surface area contributed by atoms with E-state index in [9.17, 15) is 8.42 Å². The van der Waals surface area contributed by atoms with Crippen molar-refractivity contribution in [3.63, 3.8) is 0 Å². The molecule has 0 amide bonds. The summed E-state index contributed by atoms with van der Waals surface area (Å²) in [6, 6.07) is -0.192. The van der Waals surface area contributed by atoms with Crippen LogP contribution in [-0.2, 0) is 17.1 Å². The second-order valence-electron chi connectivity index (χ2n) is 5.60. The van der Waals surface area contributed by atoms with Gasteiger partial charge in [0.2, 0.25) is 0 Å². The van der Waals surface area contributed by atoms with Crippen LogP contribution in [0.2, 0.25) is 0 Å². The van der Waals surface area contributed by atoms with Crippen LogP contribution < -0.4 is 10.5 Å². The van der Waals surface area contributed by atoms with Crippen LogP contribution in [-0.4, -0.2) is 30.6 Å². The SMILES string of the molecule is Cc1nc(S(=O)(=O)NC(CN)C2CCCCC2)cn1C. The smallest absolute Gasteiger partial charge is 0.259 e. The van der Waals surface area contributed by atoms with Crippen LogP contribution in [0.4, 0.5) is 0 Å². The molecule has 2 rings (SSSR count). The van der Waals surface area contributed by atoms with Gasteiger partial charge in [-0.3, -0.25) is 0 Å². The minimum Gasteiger partial charge on any atom is -0.337 e. The van der Waals surface area contributed by atoms with Crippen LogP contribution in [0, 0.1) is 12.8 Å². The molecule has 0 spiro atoms. The molecule has 0 bridgehead atoms. The maximum atomic E-state index is 12.4. The molecule has 1 aliphatic rings. The average molecular weight is 300 g/mol. The van der Waals surface area contributed by atoms with E-state index in [2.05, 4.69) is 9.71 Å². The summed E-state index contributed by atoms with van der Waals surface area (Å²) in [6.07, 6.45) is 7.18. The lowest BCUT2D eigenvalue weighted by Crippen LogP contribution is -2.45. The molecule has 1 aliphatic carbocycles. The van der Waals surface area contributed by atoms with Gasteiger partial charge in [0.25, 0.3) is 10.0 Å². The first-order valence-electron chi connectivity index (χ1n) is 7.16. The van der Waals surface area contributed by atoms with Gasteiger partial charge in [-0.1, -0.05) is 19.3 Å². The van der Waals surface area contributed by atoms with E-state index in [1.54, 1.807) is 18.5 Å². The molecule has 114 valence electrons. The molecule has 6 nitrogen and oxygen atoms in total. The van der Waals surface area contributed by atoms with E-state index in [0.717, 1.165) is 25.7 Å². The molecule has 1 atom stereocenters. The van der Waals surface area contributed by atoms with Crippen LogP contribution in [0.1, 0.15) is 37.9 Å². The maximum Gasteiger partial charge on any atom is 0.259 e. The molecule has 7 heteroatoms. The number of sulfonamides is 1. The van der Waals surface area contributed by atoms with Gasteiger partial charge in [-0.2, -0.15) is 0 Å². The van der Waals surface area contributed by atoms with Crippen molar-refractivity contribution in [3.8, 4) is 0 Å². The van der Waals surface area contributed by atoms with Gasteiger partial charge >= 0.3 is 0 Å². The van der Waals surface area contributed by atoms with Crippen molar-refractivity contribution in [3.05, 3.63) is 12.0 Å². The predicted molar refractivity (Wildman–Crippen MR) is 77.7 cm³/mol. The Bertz CT molecular complexity index is 527. The van der Waals surface area contributed by atoms with Crippen molar-refractivity contribution in [2.45, 2.75) is 50.1 Å². The Morgan fingerprint density at radius 2 is 2.10 bits per heavy atom.